The Labute approximate surface area is 68.9 Å². The van der Waals surface area contributed by atoms with Gasteiger partial charge >= 0.3 is 0 Å². The van der Waals surface area contributed by atoms with Crippen molar-refractivity contribution in [3.63, 3.8) is 0 Å². The smallest absolute Gasteiger partial charge is 0.0716 e. The summed E-state index contributed by atoms with van der Waals surface area (Å²) in [5, 5.41) is 3.44. The molecule has 1 heterocycles. The zero-order valence-electron chi connectivity index (χ0n) is 7.48. The third-order valence-corrected chi connectivity index (χ3v) is 1.95. The van der Waals surface area contributed by atoms with Crippen LogP contribution in [0.15, 0.2) is 0 Å². The van der Waals surface area contributed by atoms with Crippen LogP contribution in [0.25, 0.3) is 0 Å². The first-order valence-electron chi connectivity index (χ1n) is 4.51. The molecule has 0 bridgehead atoms. The first-order valence-corrected chi connectivity index (χ1v) is 4.51. The average molecular weight is 157 g/mol. The molecule has 3 N–H and O–H groups in total. The Morgan fingerprint density at radius 3 is 2.91 bits per heavy atom. The van der Waals surface area contributed by atoms with E-state index in [-0.39, 0.29) is 0 Å². The van der Waals surface area contributed by atoms with Crippen LogP contribution in [0, 0.1) is 5.92 Å². The summed E-state index contributed by atoms with van der Waals surface area (Å²) < 4.78 is 0. The zero-order valence-corrected chi connectivity index (χ0v) is 7.48. The van der Waals surface area contributed by atoms with Gasteiger partial charge in [0.1, 0.15) is 0 Å². The van der Waals surface area contributed by atoms with Crippen molar-refractivity contribution in [3.8, 4) is 0 Å². The van der Waals surface area contributed by atoms with Crippen LogP contribution >= 0.6 is 0 Å². The van der Waals surface area contributed by atoms with Gasteiger partial charge in [0.05, 0.1) is 6.17 Å². The highest BCUT2D eigenvalue weighted by molar-refractivity contribution is 4.69. The Morgan fingerprint density at radius 2 is 2.36 bits per heavy atom. The van der Waals surface area contributed by atoms with Gasteiger partial charge in [0.15, 0.2) is 0 Å². The van der Waals surface area contributed by atoms with E-state index < -0.39 is 0 Å². The Kier molecular flexibility index (Phi) is 3.83. The van der Waals surface area contributed by atoms with Crippen molar-refractivity contribution in [2.75, 3.05) is 13.1 Å². The van der Waals surface area contributed by atoms with Crippen LogP contribution < -0.4 is 16.2 Å². The number of hydrogen-bond acceptors (Lipinski definition) is 3. The van der Waals surface area contributed by atoms with Crippen molar-refractivity contribution in [2.24, 2.45) is 5.92 Å². The van der Waals surface area contributed by atoms with Crippen molar-refractivity contribution in [1.82, 2.24) is 16.2 Å². The second kappa shape index (κ2) is 4.70. The van der Waals surface area contributed by atoms with Crippen LogP contribution in [-0.2, 0) is 0 Å². The van der Waals surface area contributed by atoms with Crippen LogP contribution in [-0.4, -0.2) is 19.3 Å². The maximum Gasteiger partial charge on any atom is 0.0716 e. The van der Waals surface area contributed by atoms with Gasteiger partial charge in [-0.25, -0.2) is 5.43 Å². The zero-order chi connectivity index (χ0) is 8.10. The fourth-order valence-corrected chi connectivity index (χ4v) is 1.18. The van der Waals surface area contributed by atoms with Crippen molar-refractivity contribution < 1.29 is 0 Å². The molecule has 1 aliphatic rings. The third kappa shape index (κ3) is 3.70. The van der Waals surface area contributed by atoms with Crippen LogP contribution in [0.4, 0.5) is 0 Å². The highest BCUT2D eigenvalue weighted by atomic mass is 15.4. The van der Waals surface area contributed by atoms with Gasteiger partial charge in [0.2, 0.25) is 0 Å². The van der Waals surface area contributed by atoms with E-state index in [1.54, 1.807) is 0 Å². The normalized spacial score (nSPS) is 24.8. The van der Waals surface area contributed by atoms with Gasteiger partial charge in [-0.2, -0.15) is 0 Å². The summed E-state index contributed by atoms with van der Waals surface area (Å²) in [6.45, 7) is 6.71. The molecular formula is C8H19N3. The van der Waals surface area contributed by atoms with Crippen LogP contribution in [0.1, 0.15) is 26.7 Å². The second-order valence-corrected chi connectivity index (χ2v) is 3.55. The molecule has 11 heavy (non-hydrogen) atoms. The summed E-state index contributed by atoms with van der Waals surface area (Å²) in [5.74, 6) is 0.803. The molecule has 0 spiro atoms. The lowest BCUT2D eigenvalue weighted by molar-refractivity contribution is 0.431. The lowest BCUT2D eigenvalue weighted by Crippen LogP contribution is -2.41. The predicted octanol–water partition coefficient (Wildman–Crippen LogP) is 0.446. The monoisotopic (exact) mass is 157 g/mol. The van der Waals surface area contributed by atoms with Crippen molar-refractivity contribution in [3.05, 3.63) is 0 Å². The molecular weight excluding hydrogens is 138 g/mol. The number of hydrogen-bond donors (Lipinski definition) is 3. The molecule has 1 atom stereocenters. The van der Waals surface area contributed by atoms with E-state index in [1.165, 1.54) is 12.8 Å². The maximum absolute atomic E-state index is 3.44. The fraction of sp³-hybridized carbons (Fsp3) is 1.00. The molecule has 1 aliphatic heterocycles. The molecule has 0 aliphatic carbocycles. The number of hydrazine groups is 1. The largest absolute Gasteiger partial charge is 0.301 e. The summed E-state index contributed by atoms with van der Waals surface area (Å²) in [5.41, 5.74) is 6.27. The predicted molar refractivity (Wildman–Crippen MR) is 47.0 cm³/mol. The van der Waals surface area contributed by atoms with Gasteiger partial charge < -0.3 is 5.32 Å². The third-order valence-electron chi connectivity index (χ3n) is 1.95. The van der Waals surface area contributed by atoms with E-state index in [1.807, 2.05) is 0 Å². The van der Waals surface area contributed by atoms with Gasteiger partial charge in [-0.1, -0.05) is 13.8 Å². The summed E-state index contributed by atoms with van der Waals surface area (Å²) in [6.07, 6.45) is 2.95. The lowest BCUT2D eigenvalue weighted by atomic mass is 10.1. The van der Waals surface area contributed by atoms with Gasteiger partial charge in [0.25, 0.3) is 0 Å². The first-order chi connectivity index (χ1) is 5.29. The minimum atomic E-state index is 0.494. The number of rotatable bonds is 4. The summed E-state index contributed by atoms with van der Waals surface area (Å²) >= 11 is 0. The highest BCUT2D eigenvalue weighted by Crippen LogP contribution is 1.98. The highest BCUT2D eigenvalue weighted by Gasteiger charge is 2.11. The Bertz CT molecular complexity index is 97.5. The van der Waals surface area contributed by atoms with E-state index in [2.05, 4.69) is 30.0 Å². The van der Waals surface area contributed by atoms with Gasteiger partial charge in [-0.15, -0.1) is 0 Å². The summed E-state index contributed by atoms with van der Waals surface area (Å²) in [4.78, 5) is 0. The molecule has 1 rings (SSSR count). The van der Waals surface area contributed by atoms with Crippen molar-refractivity contribution in [1.29, 1.82) is 0 Å². The Morgan fingerprint density at radius 1 is 1.55 bits per heavy atom. The molecule has 0 aromatic rings. The molecule has 0 saturated carbocycles. The van der Waals surface area contributed by atoms with E-state index in [0.717, 1.165) is 19.0 Å². The summed E-state index contributed by atoms with van der Waals surface area (Å²) in [7, 11) is 0. The molecule has 0 aromatic heterocycles. The molecule has 0 aromatic carbocycles. The van der Waals surface area contributed by atoms with E-state index in [9.17, 15) is 0 Å². The quantitative estimate of drug-likeness (QED) is 0.554. The fourth-order valence-electron chi connectivity index (χ4n) is 1.18. The second-order valence-electron chi connectivity index (χ2n) is 3.55. The van der Waals surface area contributed by atoms with Gasteiger partial charge in [-0.3, -0.25) is 5.43 Å². The molecule has 0 radical (unpaired) electrons. The number of nitrogens with one attached hydrogen (secondary N) is 3. The molecule has 66 valence electrons. The molecule has 3 nitrogen and oxygen atoms in total. The first kappa shape index (κ1) is 8.97. The average Bonchev–Trinajstić information content (AvgIpc) is 2.39. The Hall–Kier alpha value is -0.120. The van der Waals surface area contributed by atoms with Crippen molar-refractivity contribution in [2.45, 2.75) is 32.9 Å². The SMILES string of the molecule is CC(C)CCNC1CCNN1. The maximum atomic E-state index is 3.44. The minimum Gasteiger partial charge on any atom is -0.301 e. The molecule has 1 saturated heterocycles. The topological polar surface area (TPSA) is 36.1 Å². The van der Waals surface area contributed by atoms with Crippen LogP contribution in [0.3, 0.4) is 0 Å². The van der Waals surface area contributed by atoms with Crippen LogP contribution in [0.5, 0.6) is 0 Å². The van der Waals surface area contributed by atoms with Crippen LogP contribution in [0.2, 0.25) is 0 Å². The lowest BCUT2D eigenvalue weighted by Gasteiger charge is -2.12. The summed E-state index contributed by atoms with van der Waals surface area (Å²) in [6, 6.07) is 0. The van der Waals surface area contributed by atoms with Gasteiger partial charge in [-0.05, 0) is 25.3 Å². The van der Waals surface area contributed by atoms with Gasteiger partial charge in [0, 0.05) is 6.54 Å². The van der Waals surface area contributed by atoms with E-state index in [4.69, 9.17) is 0 Å². The van der Waals surface area contributed by atoms with Crippen molar-refractivity contribution >= 4 is 0 Å². The van der Waals surface area contributed by atoms with E-state index >= 15 is 0 Å². The van der Waals surface area contributed by atoms with E-state index in [0.29, 0.717) is 6.17 Å². The standard InChI is InChI=1S/C8H19N3/c1-7(2)3-5-9-8-4-6-10-11-8/h7-11H,3-6H2,1-2H3. The molecule has 1 unspecified atom stereocenters. The Balaban J connectivity index is 1.94. The molecule has 1 fully saturated rings. The molecule has 0 amide bonds. The molecule has 3 heteroatoms. The minimum absolute atomic E-state index is 0.494.